The molecule has 0 aliphatic heterocycles. The predicted molar refractivity (Wildman–Crippen MR) is 128 cm³/mol. The van der Waals surface area contributed by atoms with E-state index in [2.05, 4.69) is 0 Å². The Bertz CT molecular complexity index is 1380. The maximum Gasteiger partial charge on any atom is 0.123 e. The summed E-state index contributed by atoms with van der Waals surface area (Å²) >= 11 is 0. The van der Waals surface area contributed by atoms with Crippen molar-refractivity contribution in [2.24, 2.45) is 0 Å². The van der Waals surface area contributed by atoms with Gasteiger partial charge in [-0.1, -0.05) is 30.3 Å². The summed E-state index contributed by atoms with van der Waals surface area (Å²) in [6.45, 7) is 0. The first-order valence-electron chi connectivity index (χ1n) is 10.7. The Morgan fingerprint density at radius 3 is 1.68 bits per heavy atom. The van der Waals surface area contributed by atoms with Crippen molar-refractivity contribution in [3.8, 4) is 34.5 Å². The van der Waals surface area contributed by atoms with Crippen molar-refractivity contribution in [1.29, 1.82) is 0 Å². The Kier molecular flexibility index (Phi) is 5.06. The zero-order valence-corrected chi connectivity index (χ0v) is 17.9. The van der Waals surface area contributed by atoms with Crippen molar-refractivity contribution < 1.29 is 30.6 Å². The Morgan fingerprint density at radius 2 is 1.06 bits per heavy atom. The lowest BCUT2D eigenvalue weighted by Gasteiger charge is -2.23. The van der Waals surface area contributed by atoms with Crippen LogP contribution in [0.3, 0.4) is 0 Å². The highest BCUT2D eigenvalue weighted by Gasteiger charge is 2.41. The minimum absolute atomic E-state index is 0.0865. The molecule has 0 amide bonds. The molecule has 4 aromatic rings. The number of rotatable bonds is 3. The molecule has 1 aliphatic carbocycles. The molecule has 0 bridgehead atoms. The van der Waals surface area contributed by atoms with E-state index in [1.54, 1.807) is 66.7 Å². The molecule has 34 heavy (non-hydrogen) atoms. The highest BCUT2D eigenvalue weighted by Crippen LogP contribution is 2.58. The van der Waals surface area contributed by atoms with Gasteiger partial charge < -0.3 is 30.6 Å². The summed E-state index contributed by atoms with van der Waals surface area (Å²) in [4.78, 5) is 0. The van der Waals surface area contributed by atoms with Gasteiger partial charge >= 0.3 is 0 Å². The summed E-state index contributed by atoms with van der Waals surface area (Å²) < 4.78 is 0. The smallest absolute Gasteiger partial charge is 0.123 e. The van der Waals surface area contributed by atoms with Crippen LogP contribution in [0.1, 0.15) is 39.7 Å². The fourth-order valence-corrected chi connectivity index (χ4v) is 4.83. The number of benzene rings is 4. The van der Waals surface area contributed by atoms with Gasteiger partial charge in [-0.2, -0.15) is 0 Å². The van der Waals surface area contributed by atoms with E-state index in [9.17, 15) is 30.6 Å². The van der Waals surface area contributed by atoms with Crippen LogP contribution in [0.4, 0.5) is 0 Å². The van der Waals surface area contributed by atoms with E-state index in [0.29, 0.717) is 16.7 Å². The predicted octanol–water partition coefficient (Wildman–Crippen LogP) is 5.39. The lowest BCUT2D eigenvalue weighted by Crippen LogP contribution is -2.08. The van der Waals surface area contributed by atoms with Crippen molar-refractivity contribution >= 4 is 11.6 Å². The zero-order chi connectivity index (χ0) is 24.0. The van der Waals surface area contributed by atoms with Gasteiger partial charge in [0.1, 0.15) is 34.5 Å². The lowest BCUT2D eigenvalue weighted by atomic mass is 9.79. The third-order valence-electron chi connectivity index (χ3n) is 6.18. The van der Waals surface area contributed by atoms with Crippen LogP contribution in [0.2, 0.25) is 0 Å². The quantitative estimate of drug-likeness (QED) is 0.247. The van der Waals surface area contributed by atoms with Crippen LogP contribution >= 0.6 is 0 Å². The van der Waals surface area contributed by atoms with Crippen LogP contribution < -0.4 is 0 Å². The molecule has 2 atom stereocenters. The van der Waals surface area contributed by atoms with Crippen molar-refractivity contribution in [2.45, 2.75) is 11.8 Å². The first kappa shape index (κ1) is 21.3. The summed E-state index contributed by atoms with van der Waals surface area (Å²) in [5.74, 6) is -1.07. The van der Waals surface area contributed by atoms with Gasteiger partial charge in [-0.05, 0) is 70.3 Å². The Hall–Kier alpha value is -4.58. The van der Waals surface area contributed by atoms with E-state index in [1.165, 1.54) is 12.1 Å². The van der Waals surface area contributed by atoms with Crippen molar-refractivity contribution in [2.75, 3.05) is 0 Å². The largest absolute Gasteiger partial charge is 0.508 e. The molecule has 0 saturated heterocycles. The number of fused-ring (bicyclic) bond motifs is 1. The molecule has 0 radical (unpaired) electrons. The second kappa shape index (κ2) is 8.08. The monoisotopic (exact) mass is 454 g/mol. The van der Waals surface area contributed by atoms with Crippen LogP contribution in [0.25, 0.3) is 11.6 Å². The molecular formula is C28H22O6. The fourth-order valence-electron chi connectivity index (χ4n) is 4.83. The molecule has 0 unspecified atom stereocenters. The third-order valence-corrected chi connectivity index (χ3v) is 6.18. The Labute approximate surface area is 195 Å². The molecule has 6 N–H and O–H groups in total. The molecule has 0 aromatic heterocycles. The molecular weight excluding hydrogens is 432 g/mol. The second-order valence-corrected chi connectivity index (χ2v) is 8.45. The van der Waals surface area contributed by atoms with Gasteiger partial charge in [0.05, 0.1) is 0 Å². The maximum atomic E-state index is 10.9. The topological polar surface area (TPSA) is 121 Å². The van der Waals surface area contributed by atoms with E-state index in [4.69, 9.17) is 0 Å². The van der Waals surface area contributed by atoms with Gasteiger partial charge in [0, 0.05) is 29.5 Å². The Morgan fingerprint density at radius 1 is 0.500 bits per heavy atom. The molecule has 6 heteroatoms. The van der Waals surface area contributed by atoms with E-state index >= 15 is 0 Å². The van der Waals surface area contributed by atoms with Crippen molar-refractivity contribution in [1.82, 2.24) is 0 Å². The van der Waals surface area contributed by atoms with Crippen LogP contribution in [0.5, 0.6) is 34.5 Å². The van der Waals surface area contributed by atoms with Gasteiger partial charge in [-0.3, -0.25) is 0 Å². The molecule has 0 spiro atoms. The highest BCUT2D eigenvalue weighted by molar-refractivity contribution is 5.93. The van der Waals surface area contributed by atoms with Gasteiger partial charge in [-0.15, -0.1) is 0 Å². The summed E-state index contributed by atoms with van der Waals surface area (Å²) in [5, 5.41) is 61.2. The highest BCUT2D eigenvalue weighted by atomic mass is 16.3. The number of allylic oxidation sites excluding steroid dienone is 1. The summed E-state index contributed by atoms with van der Waals surface area (Å²) in [6.07, 6.45) is 1.89. The van der Waals surface area contributed by atoms with Crippen LogP contribution in [-0.4, -0.2) is 30.6 Å². The van der Waals surface area contributed by atoms with Gasteiger partial charge in [0.15, 0.2) is 0 Å². The lowest BCUT2D eigenvalue weighted by molar-refractivity contribution is 0.444. The van der Waals surface area contributed by atoms with E-state index in [0.717, 1.165) is 16.7 Å². The average Bonchev–Trinajstić information content (AvgIpc) is 3.09. The number of hydrogen-bond donors (Lipinski definition) is 6. The SMILES string of the molecule is Oc1ccc(C=C2c3cc(O)cc(O)c3[C@@H](c3ccc(O)cc3)[C@H]2c2cc(O)cc(O)c2)cc1. The van der Waals surface area contributed by atoms with Gasteiger partial charge in [-0.25, -0.2) is 0 Å². The average molecular weight is 454 g/mol. The van der Waals surface area contributed by atoms with E-state index in [-0.39, 0.29) is 34.5 Å². The molecule has 5 rings (SSSR count). The standard InChI is InChI=1S/C28H22O6/c29-18-5-1-15(2-6-18)9-23-24-13-22(33)14-25(34)28(24)27(16-3-7-19(30)8-4-16)26(23)17-10-20(31)12-21(32)11-17/h1-14,26-27,29-34H/t26-,27-/m0/s1. The number of aromatic hydroxyl groups is 6. The Balaban J connectivity index is 1.82. The zero-order valence-electron chi connectivity index (χ0n) is 17.9. The molecule has 6 nitrogen and oxygen atoms in total. The molecule has 0 saturated carbocycles. The molecule has 4 aromatic carbocycles. The molecule has 0 fully saturated rings. The van der Waals surface area contributed by atoms with Crippen LogP contribution in [0.15, 0.2) is 78.9 Å². The summed E-state index contributed by atoms with van der Waals surface area (Å²) in [7, 11) is 0. The minimum atomic E-state index is -0.459. The molecule has 1 aliphatic rings. The normalized spacial score (nSPS) is 18.2. The van der Waals surface area contributed by atoms with Gasteiger partial charge in [0.2, 0.25) is 0 Å². The second-order valence-electron chi connectivity index (χ2n) is 8.45. The fraction of sp³-hybridized carbons (Fsp3) is 0.0714. The van der Waals surface area contributed by atoms with Crippen LogP contribution in [-0.2, 0) is 0 Å². The number of phenols is 6. The van der Waals surface area contributed by atoms with E-state index < -0.39 is 11.8 Å². The first-order valence-corrected chi connectivity index (χ1v) is 10.7. The van der Waals surface area contributed by atoms with Crippen LogP contribution in [0, 0.1) is 0 Å². The number of phenolic OH excluding ortho intramolecular Hbond substituents is 6. The van der Waals surface area contributed by atoms with Crippen molar-refractivity contribution in [3.05, 3.63) is 107 Å². The van der Waals surface area contributed by atoms with Gasteiger partial charge in [0.25, 0.3) is 0 Å². The summed E-state index contributed by atoms with van der Waals surface area (Å²) in [5.41, 5.74) is 4.13. The minimum Gasteiger partial charge on any atom is -0.508 e. The first-order chi connectivity index (χ1) is 16.3. The third kappa shape index (κ3) is 3.75. The molecule has 0 heterocycles. The summed E-state index contributed by atoms with van der Waals surface area (Å²) in [6, 6.07) is 20.5. The van der Waals surface area contributed by atoms with Crippen molar-refractivity contribution in [3.63, 3.8) is 0 Å². The van der Waals surface area contributed by atoms with E-state index in [1.807, 2.05) is 6.08 Å². The molecule has 170 valence electrons. The number of hydrogen-bond acceptors (Lipinski definition) is 6. The maximum absolute atomic E-state index is 10.9.